The molecule has 196 valence electrons. The van der Waals surface area contributed by atoms with Gasteiger partial charge in [-0.1, -0.05) is 23.8 Å². The molecule has 0 spiro atoms. The summed E-state index contributed by atoms with van der Waals surface area (Å²) in [6.45, 7) is 1.58. The second-order valence-electron chi connectivity index (χ2n) is 7.07. The van der Waals surface area contributed by atoms with E-state index in [1.807, 2.05) is 0 Å². The van der Waals surface area contributed by atoms with Crippen LogP contribution in [0, 0.1) is 29.1 Å². The molecular weight excluding hydrogens is 613 g/mol. The van der Waals surface area contributed by atoms with Gasteiger partial charge in [-0.25, -0.2) is 13.2 Å². The van der Waals surface area contributed by atoms with Gasteiger partial charge in [0, 0.05) is 4.47 Å². The Kier molecular flexibility index (Phi) is 8.50. The average Bonchev–Trinajstić information content (AvgIpc) is 2.87. The minimum atomic E-state index is -5.11. The fourth-order valence-corrected chi connectivity index (χ4v) is 4.60. The lowest BCUT2D eigenvalue weighted by Crippen LogP contribution is -2.18. The Morgan fingerprint density at radius 1 is 0.946 bits per heavy atom. The Balaban J connectivity index is 2.14. The molecule has 0 aliphatic rings. The van der Waals surface area contributed by atoms with Gasteiger partial charge in [0.15, 0.2) is 0 Å². The van der Waals surface area contributed by atoms with Crippen molar-refractivity contribution in [2.75, 3.05) is 12.0 Å². The van der Waals surface area contributed by atoms with Gasteiger partial charge in [0.05, 0.1) is 23.5 Å². The van der Waals surface area contributed by atoms with E-state index in [0.717, 1.165) is 23.1 Å². The standard InChI is InChI=1S/C23H14BrClF5NO5S/c1-3-4-11-7-12(37(33,34)36-23-21(29)19(27)18(26)20(28)22(23)30)5-6-15(11)31(10-32)16-9-14(25)13(24)8-17(16)35-2/h3-10H,1-2H3/b4-3-. The third-order valence-electron chi connectivity index (χ3n) is 4.84. The molecule has 0 atom stereocenters. The van der Waals surface area contributed by atoms with Gasteiger partial charge in [0.1, 0.15) is 10.6 Å². The number of amides is 1. The smallest absolute Gasteiger partial charge is 0.339 e. The summed E-state index contributed by atoms with van der Waals surface area (Å²) in [4.78, 5) is 12.5. The highest BCUT2D eigenvalue weighted by Gasteiger charge is 2.31. The summed E-state index contributed by atoms with van der Waals surface area (Å²) in [5.41, 5.74) is 0.405. The molecule has 0 saturated heterocycles. The van der Waals surface area contributed by atoms with Crippen LogP contribution in [-0.2, 0) is 14.9 Å². The van der Waals surface area contributed by atoms with Gasteiger partial charge >= 0.3 is 10.1 Å². The fraction of sp³-hybridized carbons (Fsp3) is 0.0870. The second-order valence-corrected chi connectivity index (χ2v) is 9.88. The normalized spacial score (nSPS) is 11.6. The van der Waals surface area contributed by atoms with Crippen molar-refractivity contribution in [3.8, 4) is 11.5 Å². The molecule has 0 aliphatic carbocycles. The lowest BCUT2D eigenvalue weighted by atomic mass is 10.1. The third kappa shape index (κ3) is 5.43. The predicted octanol–water partition coefficient (Wildman–Crippen LogP) is 6.90. The van der Waals surface area contributed by atoms with Crippen LogP contribution >= 0.6 is 27.5 Å². The van der Waals surface area contributed by atoms with Gasteiger partial charge in [-0.05, 0) is 58.7 Å². The molecule has 37 heavy (non-hydrogen) atoms. The summed E-state index contributed by atoms with van der Waals surface area (Å²) in [5.74, 6) is -13.9. The van der Waals surface area contributed by atoms with E-state index in [-0.39, 0.29) is 27.7 Å². The first-order valence-electron chi connectivity index (χ1n) is 9.88. The zero-order chi connectivity index (χ0) is 27.7. The second kappa shape index (κ2) is 11.1. The number of halogens is 7. The zero-order valence-electron chi connectivity index (χ0n) is 18.7. The highest BCUT2D eigenvalue weighted by atomic mass is 79.9. The van der Waals surface area contributed by atoms with Crippen LogP contribution in [0.2, 0.25) is 5.02 Å². The molecule has 0 heterocycles. The van der Waals surface area contributed by atoms with Gasteiger partial charge < -0.3 is 8.92 Å². The number of anilines is 2. The lowest BCUT2D eigenvalue weighted by Gasteiger charge is -2.23. The Morgan fingerprint density at radius 3 is 2.08 bits per heavy atom. The van der Waals surface area contributed by atoms with Crippen molar-refractivity contribution >= 4 is 61.5 Å². The predicted molar refractivity (Wildman–Crippen MR) is 129 cm³/mol. The molecule has 6 nitrogen and oxygen atoms in total. The maximum absolute atomic E-state index is 14.0. The maximum atomic E-state index is 14.0. The SMILES string of the molecule is C/C=C\c1cc(S(=O)(=O)Oc2c(F)c(F)c(F)c(F)c2F)ccc1N(C=O)c1cc(Cl)c(Br)cc1OC. The van der Waals surface area contributed by atoms with Crippen LogP contribution in [0.4, 0.5) is 33.3 Å². The van der Waals surface area contributed by atoms with E-state index in [9.17, 15) is 35.2 Å². The number of methoxy groups -OCH3 is 1. The van der Waals surface area contributed by atoms with E-state index >= 15 is 0 Å². The largest absolute Gasteiger partial charge is 0.495 e. The van der Waals surface area contributed by atoms with Crippen molar-refractivity contribution in [2.24, 2.45) is 0 Å². The molecule has 0 aliphatic heterocycles. The number of carbonyl (C=O) groups excluding carboxylic acids is 1. The Hall–Kier alpha value is -3.16. The van der Waals surface area contributed by atoms with Gasteiger partial charge in [-0.15, -0.1) is 0 Å². The van der Waals surface area contributed by atoms with E-state index in [2.05, 4.69) is 20.1 Å². The first-order chi connectivity index (χ1) is 17.4. The summed E-state index contributed by atoms with van der Waals surface area (Å²) < 4.78 is 104. The number of allylic oxidation sites excluding steroid dienone is 1. The van der Waals surface area contributed by atoms with Gasteiger partial charge in [-0.3, -0.25) is 9.69 Å². The Bertz CT molecular complexity index is 1510. The molecule has 0 unspecified atom stereocenters. The van der Waals surface area contributed by atoms with Crippen LogP contribution in [0.3, 0.4) is 0 Å². The molecule has 0 bridgehead atoms. The minimum Gasteiger partial charge on any atom is -0.495 e. The number of hydrogen-bond acceptors (Lipinski definition) is 5. The highest BCUT2D eigenvalue weighted by Crippen LogP contribution is 2.41. The first-order valence-corrected chi connectivity index (χ1v) is 12.5. The third-order valence-corrected chi connectivity index (χ3v) is 7.26. The van der Waals surface area contributed by atoms with Crippen molar-refractivity contribution < 1.29 is 44.1 Å². The van der Waals surface area contributed by atoms with Crippen LogP contribution in [0.15, 0.2) is 45.8 Å². The Labute approximate surface area is 221 Å². The van der Waals surface area contributed by atoms with E-state index in [1.165, 1.54) is 31.4 Å². The topological polar surface area (TPSA) is 72.9 Å². The van der Waals surface area contributed by atoms with Crippen LogP contribution < -0.4 is 13.8 Å². The molecule has 3 aromatic rings. The summed E-state index contributed by atoms with van der Waals surface area (Å²) in [5, 5.41) is 0.227. The molecule has 0 fully saturated rings. The summed E-state index contributed by atoms with van der Waals surface area (Å²) in [6, 6.07) is 5.96. The number of hydrogen-bond donors (Lipinski definition) is 0. The van der Waals surface area contributed by atoms with Crippen molar-refractivity contribution in [1.82, 2.24) is 0 Å². The average molecular weight is 627 g/mol. The molecule has 3 aromatic carbocycles. The number of rotatable bonds is 8. The Morgan fingerprint density at radius 2 is 1.54 bits per heavy atom. The molecular formula is C23H14BrClF5NO5S. The van der Waals surface area contributed by atoms with Crippen LogP contribution in [0.25, 0.3) is 6.08 Å². The molecule has 0 N–H and O–H groups in total. The highest BCUT2D eigenvalue weighted by molar-refractivity contribution is 9.10. The number of carbonyl (C=O) groups is 1. The summed E-state index contributed by atoms with van der Waals surface area (Å²) in [6.07, 6.45) is 3.30. The zero-order valence-corrected chi connectivity index (χ0v) is 21.8. The number of benzene rings is 3. The minimum absolute atomic E-state index is 0.0952. The number of nitrogens with zero attached hydrogens (tertiary/aromatic N) is 1. The quantitative estimate of drug-likeness (QED) is 0.0894. The van der Waals surface area contributed by atoms with Crippen LogP contribution in [0.5, 0.6) is 11.5 Å². The van der Waals surface area contributed by atoms with E-state index < -0.39 is 49.8 Å². The molecule has 0 saturated carbocycles. The monoisotopic (exact) mass is 625 g/mol. The maximum Gasteiger partial charge on any atom is 0.339 e. The van der Waals surface area contributed by atoms with E-state index in [0.29, 0.717) is 10.9 Å². The molecule has 0 aromatic heterocycles. The van der Waals surface area contributed by atoms with Crippen molar-refractivity contribution in [3.63, 3.8) is 0 Å². The summed E-state index contributed by atoms with van der Waals surface area (Å²) >= 11 is 9.40. The van der Waals surface area contributed by atoms with Gasteiger partial charge in [0.2, 0.25) is 41.2 Å². The molecule has 1 amide bonds. The van der Waals surface area contributed by atoms with Gasteiger partial charge in [0.25, 0.3) is 0 Å². The van der Waals surface area contributed by atoms with Gasteiger partial charge in [-0.2, -0.15) is 17.2 Å². The van der Waals surface area contributed by atoms with Crippen LogP contribution in [-0.4, -0.2) is 21.9 Å². The molecule has 0 radical (unpaired) electrons. The molecule has 14 heteroatoms. The van der Waals surface area contributed by atoms with Crippen LogP contribution in [0.1, 0.15) is 12.5 Å². The molecule has 3 rings (SSSR count). The number of ether oxygens (including phenoxy) is 1. The fourth-order valence-electron chi connectivity index (χ4n) is 3.15. The first kappa shape index (κ1) is 28.4. The van der Waals surface area contributed by atoms with Crippen molar-refractivity contribution in [2.45, 2.75) is 11.8 Å². The lowest BCUT2D eigenvalue weighted by molar-refractivity contribution is -0.106. The van der Waals surface area contributed by atoms with Crippen molar-refractivity contribution in [1.29, 1.82) is 0 Å². The van der Waals surface area contributed by atoms with E-state index in [1.54, 1.807) is 6.92 Å². The van der Waals surface area contributed by atoms with E-state index in [4.69, 9.17) is 16.3 Å². The summed E-state index contributed by atoms with van der Waals surface area (Å²) in [7, 11) is -3.76. The van der Waals surface area contributed by atoms with Crippen molar-refractivity contribution in [3.05, 3.63) is 80.6 Å².